The van der Waals surface area contributed by atoms with Crippen molar-refractivity contribution in [1.82, 2.24) is 20.3 Å². The van der Waals surface area contributed by atoms with Crippen LogP contribution in [0.3, 0.4) is 0 Å². The molecule has 0 bridgehead atoms. The van der Waals surface area contributed by atoms with Gasteiger partial charge in [-0.3, -0.25) is 14.4 Å². The Hall–Kier alpha value is -3.92. The Kier molecular flexibility index (Phi) is 9.49. The van der Waals surface area contributed by atoms with Crippen molar-refractivity contribution in [3.8, 4) is 6.07 Å². The smallest absolute Gasteiger partial charge is 0.408 e. The summed E-state index contributed by atoms with van der Waals surface area (Å²) in [5, 5.41) is 14.5. The number of nitrogens with zero attached hydrogens (tertiary/aromatic N) is 2. The second-order valence-corrected chi connectivity index (χ2v) is 14.0. The summed E-state index contributed by atoms with van der Waals surface area (Å²) >= 11 is 0. The molecule has 43 heavy (non-hydrogen) atoms. The van der Waals surface area contributed by atoms with Crippen LogP contribution in [0, 0.1) is 17.2 Å². The number of carbonyl (C=O) groups excluding carboxylic acids is 4. The van der Waals surface area contributed by atoms with Crippen molar-refractivity contribution in [1.29, 1.82) is 5.26 Å². The Morgan fingerprint density at radius 1 is 1.09 bits per heavy atom. The molecule has 1 saturated carbocycles. The molecule has 4 rings (SSSR count). The van der Waals surface area contributed by atoms with Crippen LogP contribution in [0.4, 0.5) is 4.79 Å². The Balaban J connectivity index is 1.56. The van der Waals surface area contributed by atoms with Gasteiger partial charge in [-0.1, -0.05) is 25.0 Å². The number of hydrogen-bond donors (Lipinski definition) is 3. The van der Waals surface area contributed by atoms with E-state index in [2.05, 4.69) is 15.4 Å². The predicted molar refractivity (Wildman–Crippen MR) is 156 cm³/mol. The minimum atomic E-state index is -4.29. The molecule has 4 atom stereocenters. The maximum absolute atomic E-state index is 13.7. The van der Waals surface area contributed by atoms with Gasteiger partial charge in [0.15, 0.2) is 0 Å². The molecular formula is C30H39N5O7S. The molecule has 13 heteroatoms. The highest BCUT2D eigenvalue weighted by molar-refractivity contribution is 7.90. The first-order valence-electron chi connectivity index (χ1n) is 14.6. The molecule has 232 valence electrons. The Labute approximate surface area is 252 Å². The zero-order valence-electron chi connectivity index (χ0n) is 24.7. The molecule has 3 N–H and O–H groups in total. The van der Waals surface area contributed by atoms with E-state index >= 15 is 0 Å². The summed E-state index contributed by atoms with van der Waals surface area (Å²) < 4.78 is 33.5. The number of nitrogens with one attached hydrogen (secondary N) is 3. The molecule has 0 unspecified atom stereocenters. The van der Waals surface area contributed by atoms with Gasteiger partial charge in [-0.25, -0.2) is 17.9 Å². The van der Waals surface area contributed by atoms with Gasteiger partial charge in [0, 0.05) is 12.5 Å². The van der Waals surface area contributed by atoms with Gasteiger partial charge in [0.2, 0.25) is 11.8 Å². The van der Waals surface area contributed by atoms with Crippen molar-refractivity contribution < 1.29 is 32.3 Å². The highest BCUT2D eigenvalue weighted by Gasteiger charge is 2.61. The molecule has 2 aliphatic heterocycles. The van der Waals surface area contributed by atoms with E-state index in [0.717, 1.165) is 12.8 Å². The molecular weight excluding hydrogens is 574 g/mol. The fourth-order valence-corrected chi connectivity index (χ4v) is 6.56. The van der Waals surface area contributed by atoms with Crippen LogP contribution in [0.25, 0.3) is 0 Å². The van der Waals surface area contributed by atoms with Gasteiger partial charge in [-0.05, 0) is 83.6 Å². The van der Waals surface area contributed by atoms with Crippen LogP contribution >= 0.6 is 0 Å². The lowest BCUT2D eigenvalue weighted by Gasteiger charge is -2.30. The van der Waals surface area contributed by atoms with Gasteiger partial charge in [-0.15, -0.1) is 0 Å². The molecule has 1 aromatic carbocycles. The summed E-state index contributed by atoms with van der Waals surface area (Å²) in [6.45, 7) is 5.49. The van der Waals surface area contributed by atoms with Crippen LogP contribution in [0.15, 0.2) is 41.3 Å². The normalized spacial score (nSPS) is 27.2. The number of allylic oxidation sites excluding steroid dienone is 1. The lowest BCUT2D eigenvalue weighted by atomic mass is 10.0. The van der Waals surface area contributed by atoms with Gasteiger partial charge < -0.3 is 20.3 Å². The molecule has 4 amide bonds. The number of benzene rings is 1. The Morgan fingerprint density at radius 2 is 1.81 bits per heavy atom. The molecule has 2 fully saturated rings. The van der Waals surface area contributed by atoms with Gasteiger partial charge >= 0.3 is 6.09 Å². The number of nitriles is 1. The molecule has 0 aromatic heterocycles. The maximum Gasteiger partial charge on any atom is 0.408 e. The average molecular weight is 614 g/mol. The molecule has 1 aromatic rings. The molecule has 1 saturated heterocycles. The van der Waals surface area contributed by atoms with Gasteiger partial charge in [0.05, 0.1) is 16.5 Å². The Bertz CT molecular complexity index is 1430. The van der Waals surface area contributed by atoms with E-state index in [1.807, 2.05) is 18.2 Å². The van der Waals surface area contributed by atoms with E-state index in [-0.39, 0.29) is 16.9 Å². The fourth-order valence-electron chi connectivity index (χ4n) is 5.52. The number of ether oxygens (including phenoxy) is 1. The highest BCUT2D eigenvalue weighted by atomic mass is 32.2. The third-order valence-corrected chi connectivity index (χ3v) is 9.19. The molecule has 0 radical (unpaired) electrons. The minimum absolute atomic E-state index is 0.191. The van der Waals surface area contributed by atoms with Crippen molar-refractivity contribution >= 4 is 33.8 Å². The maximum atomic E-state index is 13.7. The lowest BCUT2D eigenvalue weighted by molar-refractivity contribution is -0.141. The van der Waals surface area contributed by atoms with Crippen LogP contribution < -0.4 is 15.4 Å². The summed E-state index contributed by atoms with van der Waals surface area (Å²) in [4.78, 5) is 54.7. The SMILES string of the molecule is CC(C)(C)OC(=O)N[C@H]1CCCCC/C=C\[C@@H]2C[C@@]2(C(=O)NS(=O)(=O)c2ccc(C#N)cc2)NC(=O)[C@@H]2CCCN2C1=O. The quantitative estimate of drug-likeness (QED) is 0.435. The number of fused-ring (bicyclic) bond motifs is 2. The van der Waals surface area contributed by atoms with Crippen LogP contribution in [0.2, 0.25) is 0 Å². The topological polar surface area (TPSA) is 175 Å². The number of sulfonamides is 1. The van der Waals surface area contributed by atoms with Crippen molar-refractivity contribution in [2.45, 2.75) is 100 Å². The van der Waals surface area contributed by atoms with Crippen LogP contribution in [-0.2, 0) is 29.1 Å². The fraction of sp³-hybridized carbons (Fsp3) is 0.567. The molecule has 0 spiro atoms. The Morgan fingerprint density at radius 3 is 2.49 bits per heavy atom. The van der Waals surface area contributed by atoms with Gasteiger partial charge in [0.25, 0.3) is 15.9 Å². The van der Waals surface area contributed by atoms with Crippen LogP contribution in [-0.4, -0.2) is 66.9 Å². The molecule has 2 heterocycles. The van der Waals surface area contributed by atoms with E-state index in [0.29, 0.717) is 38.6 Å². The predicted octanol–water partition coefficient (Wildman–Crippen LogP) is 2.64. The van der Waals surface area contributed by atoms with E-state index < -0.39 is 63.0 Å². The monoisotopic (exact) mass is 613 g/mol. The van der Waals surface area contributed by atoms with Crippen molar-refractivity contribution in [2.24, 2.45) is 5.92 Å². The number of carbonyl (C=O) groups is 4. The molecule has 1 aliphatic carbocycles. The van der Waals surface area contributed by atoms with Gasteiger partial charge in [0.1, 0.15) is 23.2 Å². The van der Waals surface area contributed by atoms with Crippen LogP contribution in [0.5, 0.6) is 0 Å². The third kappa shape index (κ3) is 7.73. The largest absolute Gasteiger partial charge is 0.444 e. The van der Waals surface area contributed by atoms with Crippen LogP contribution in [0.1, 0.15) is 77.7 Å². The van der Waals surface area contributed by atoms with Crippen molar-refractivity contribution in [3.63, 3.8) is 0 Å². The summed E-state index contributed by atoms with van der Waals surface area (Å²) in [5.74, 6) is -2.25. The number of amides is 4. The van der Waals surface area contributed by atoms with Crippen molar-refractivity contribution in [2.75, 3.05) is 6.54 Å². The van der Waals surface area contributed by atoms with E-state index in [1.165, 1.54) is 29.2 Å². The zero-order valence-corrected chi connectivity index (χ0v) is 25.5. The van der Waals surface area contributed by atoms with E-state index in [1.54, 1.807) is 20.8 Å². The first-order chi connectivity index (χ1) is 20.3. The van der Waals surface area contributed by atoms with Crippen molar-refractivity contribution in [3.05, 3.63) is 42.0 Å². The second kappa shape index (κ2) is 12.8. The summed E-state index contributed by atoms with van der Waals surface area (Å²) in [5.41, 5.74) is -1.98. The zero-order chi connectivity index (χ0) is 31.4. The average Bonchev–Trinajstić information content (AvgIpc) is 3.40. The number of hydrogen-bond acceptors (Lipinski definition) is 8. The van der Waals surface area contributed by atoms with E-state index in [9.17, 15) is 27.6 Å². The first kappa shape index (κ1) is 32.0. The first-order valence-corrected chi connectivity index (χ1v) is 16.1. The number of alkyl carbamates (subject to hydrolysis) is 1. The minimum Gasteiger partial charge on any atom is -0.444 e. The van der Waals surface area contributed by atoms with E-state index in [4.69, 9.17) is 10.00 Å². The second-order valence-electron chi connectivity index (χ2n) is 12.3. The summed E-state index contributed by atoms with van der Waals surface area (Å²) in [6, 6.07) is 5.28. The number of rotatable bonds is 4. The molecule has 12 nitrogen and oxygen atoms in total. The standard InChI is InChI=1S/C30H39N5O7S/c1-29(2,3)42-28(39)32-23-11-8-6-4-5-7-10-21-18-30(21,33-25(36)24-12-9-17-35(24)26(23)37)27(38)34-43(40,41)22-15-13-20(19-31)14-16-22/h7,10,13-16,21,23-24H,4-6,8-9,11-12,17-18H2,1-3H3,(H,32,39)(H,33,36)(H,34,38)/b10-7-/t21-,23+,24+,30-/m1/s1. The summed E-state index contributed by atoms with van der Waals surface area (Å²) in [6.07, 6.45) is 7.51. The summed E-state index contributed by atoms with van der Waals surface area (Å²) in [7, 11) is -4.29. The third-order valence-electron chi connectivity index (χ3n) is 7.85. The van der Waals surface area contributed by atoms with Gasteiger partial charge in [-0.2, -0.15) is 5.26 Å². The lowest BCUT2D eigenvalue weighted by Crippen LogP contribution is -2.58. The molecule has 3 aliphatic rings. The highest BCUT2D eigenvalue weighted by Crippen LogP contribution is 2.45.